The molecule has 0 amide bonds. The van der Waals surface area contributed by atoms with Crippen molar-refractivity contribution >= 4 is 45.7 Å². The molecule has 122 valence electrons. The summed E-state index contributed by atoms with van der Waals surface area (Å²) in [5, 5.41) is 4.83. The average molecular weight is 452 g/mol. The van der Waals surface area contributed by atoms with E-state index in [0.717, 1.165) is 14.7 Å². The van der Waals surface area contributed by atoms with Crippen molar-refractivity contribution in [2.45, 2.75) is 6.42 Å². The van der Waals surface area contributed by atoms with Gasteiger partial charge in [0.1, 0.15) is 5.69 Å². The lowest BCUT2D eigenvalue weighted by atomic mass is 9.99. The van der Waals surface area contributed by atoms with Crippen molar-refractivity contribution in [3.63, 3.8) is 0 Å². The minimum atomic E-state index is -0.116. The first kappa shape index (κ1) is 17.0. The minimum Gasteiger partial charge on any atom is -0.398 e. The lowest BCUT2D eigenvalue weighted by Gasteiger charge is -2.09. The molecule has 0 spiro atoms. The summed E-state index contributed by atoms with van der Waals surface area (Å²) in [6.45, 7) is 0. The van der Waals surface area contributed by atoms with Crippen LogP contribution in [-0.2, 0) is 13.5 Å². The van der Waals surface area contributed by atoms with Crippen molar-refractivity contribution in [3.05, 3.63) is 79.6 Å². The maximum absolute atomic E-state index is 12.9. The zero-order valence-corrected chi connectivity index (χ0v) is 15.9. The van der Waals surface area contributed by atoms with E-state index in [1.807, 2.05) is 36.4 Å². The minimum absolute atomic E-state index is 0.116. The van der Waals surface area contributed by atoms with E-state index in [0.29, 0.717) is 28.4 Å². The molecule has 0 aliphatic rings. The summed E-state index contributed by atoms with van der Waals surface area (Å²) in [6, 6.07) is 13.2. The first-order valence-electron chi connectivity index (χ1n) is 7.30. The molecule has 0 saturated carbocycles. The van der Waals surface area contributed by atoms with Gasteiger partial charge in [-0.1, -0.05) is 29.8 Å². The molecule has 1 aromatic heterocycles. The fraction of sp³-hybridized carbons (Fsp3) is 0.111. The van der Waals surface area contributed by atoms with Gasteiger partial charge in [0.15, 0.2) is 0 Å². The van der Waals surface area contributed by atoms with Gasteiger partial charge in [0.25, 0.3) is 0 Å². The predicted molar refractivity (Wildman–Crippen MR) is 104 cm³/mol. The average Bonchev–Trinajstić information content (AvgIpc) is 2.89. The van der Waals surface area contributed by atoms with Crippen LogP contribution >= 0.6 is 34.2 Å². The van der Waals surface area contributed by atoms with Crippen molar-refractivity contribution < 1.29 is 4.79 Å². The summed E-state index contributed by atoms with van der Waals surface area (Å²) in [6.07, 6.45) is 2.38. The Morgan fingerprint density at radius 1 is 1.21 bits per heavy atom. The van der Waals surface area contributed by atoms with Gasteiger partial charge in [0.2, 0.25) is 5.78 Å². The highest BCUT2D eigenvalue weighted by Crippen LogP contribution is 2.23. The molecule has 0 saturated heterocycles. The Balaban J connectivity index is 1.94. The van der Waals surface area contributed by atoms with Crippen LogP contribution in [0.25, 0.3) is 0 Å². The topological polar surface area (TPSA) is 60.9 Å². The van der Waals surface area contributed by atoms with E-state index in [-0.39, 0.29) is 5.78 Å². The van der Waals surface area contributed by atoms with Gasteiger partial charge in [-0.05, 0) is 64.4 Å². The van der Waals surface area contributed by atoms with Gasteiger partial charge in [0, 0.05) is 23.3 Å². The molecule has 0 radical (unpaired) electrons. The van der Waals surface area contributed by atoms with Crippen LogP contribution in [0, 0.1) is 3.57 Å². The number of nitrogens with two attached hydrogens (primary N) is 1. The summed E-state index contributed by atoms with van der Waals surface area (Å²) < 4.78 is 2.39. The standard InChI is InChI=1S/C18H15ClIN3O/c1-23-17(15(20)10-22-23)18(24)14-9-12(4-7-16(14)21)8-11-2-5-13(19)6-3-11/h2-7,9-10H,8,21H2,1H3. The van der Waals surface area contributed by atoms with Gasteiger partial charge in [-0.15, -0.1) is 0 Å². The summed E-state index contributed by atoms with van der Waals surface area (Å²) in [4.78, 5) is 12.9. The van der Waals surface area contributed by atoms with Crippen molar-refractivity contribution in [1.82, 2.24) is 9.78 Å². The second-order valence-corrected chi connectivity index (χ2v) is 7.12. The number of aromatic nitrogens is 2. The lowest BCUT2D eigenvalue weighted by molar-refractivity contribution is 0.103. The number of carbonyl (C=O) groups excluding carboxylic acids is 1. The number of rotatable bonds is 4. The number of nitrogen functional groups attached to an aromatic ring is 1. The van der Waals surface area contributed by atoms with E-state index in [9.17, 15) is 4.79 Å². The van der Waals surface area contributed by atoms with Gasteiger partial charge in [0.05, 0.1) is 9.77 Å². The number of benzene rings is 2. The van der Waals surface area contributed by atoms with Crippen molar-refractivity contribution in [3.8, 4) is 0 Å². The highest BCUT2D eigenvalue weighted by Gasteiger charge is 2.19. The lowest BCUT2D eigenvalue weighted by Crippen LogP contribution is -2.12. The van der Waals surface area contributed by atoms with Crippen LogP contribution in [0.2, 0.25) is 5.02 Å². The maximum atomic E-state index is 12.9. The number of nitrogens with zero attached hydrogens (tertiary/aromatic N) is 2. The van der Waals surface area contributed by atoms with Gasteiger partial charge in [-0.25, -0.2) is 0 Å². The van der Waals surface area contributed by atoms with E-state index in [4.69, 9.17) is 17.3 Å². The Morgan fingerprint density at radius 2 is 1.88 bits per heavy atom. The van der Waals surface area contributed by atoms with Crippen LogP contribution in [0.1, 0.15) is 27.2 Å². The van der Waals surface area contributed by atoms with Crippen LogP contribution < -0.4 is 5.73 Å². The van der Waals surface area contributed by atoms with E-state index in [2.05, 4.69) is 27.7 Å². The molecule has 0 fully saturated rings. The molecule has 0 aliphatic heterocycles. The number of halogens is 2. The molecular formula is C18H15ClIN3O. The molecule has 0 aliphatic carbocycles. The Morgan fingerprint density at radius 3 is 2.50 bits per heavy atom. The molecule has 0 unspecified atom stereocenters. The molecular weight excluding hydrogens is 437 g/mol. The molecule has 2 N–H and O–H groups in total. The number of anilines is 1. The number of aryl methyl sites for hydroxylation is 1. The van der Waals surface area contributed by atoms with Crippen molar-refractivity contribution in [1.29, 1.82) is 0 Å². The number of carbonyl (C=O) groups is 1. The molecule has 2 aromatic carbocycles. The maximum Gasteiger partial charge on any atom is 0.214 e. The molecule has 0 atom stereocenters. The molecule has 4 nitrogen and oxygen atoms in total. The highest BCUT2D eigenvalue weighted by molar-refractivity contribution is 14.1. The Bertz CT molecular complexity index is 884. The first-order valence-corrected chi connectivity index (χ1v) is 8.76. The van der Waals surface area contributed by atoms with Crippen LogP contribution in [0.5, 0.6) is 0 Å². The van der Waals surface area contributed by atoms with E-state index in [1.165, 1.54) is 0 Å². The Labute approximate surface area is 158 Å². The molecule has 24 heavy (non-hydrogen) atoms. The normalized spacial score (nSPS) is 10.8. The zero-order valence-electron chi connectivity index (χ0n) is 13.0. The Hall–Kier alpha value is -1.86. The fourth-order valence-corrected chi connectivity index (χ4v) is 3.39. The number of ketones is 1. The van der Waals surface area contributed by atoms with Gasteiger partial charge in [-0.2, -0.15) is 5.10 Å². The van der Waals surface area contributed by atoms with Crippen LogP contribution in [0.15, 0.2) is 48.7 Å². The van der Waals surface area contributed by atoms with Crippen molar-refractivity contribution in [2.24, 2.45) is 7.05 Å². The van der Waals surface area contributed by atoms with E-state index < -0.39 is 0 Å². The summed E-state index contributed by atoms with van der Waals surface area (Å²) in [5.41, 5.74) is 9.70. The number of hydrogen-bond donors (Lipinski definition) is 1. The SMILES string of the molecule is Cn1ncc(I)c1C(=O)c1cc(Cc2ccc(Cl)cc2)ccc1N. The van der Waals surface area contributed by atoms with Crippen LogP contribution in [0.3, 0.4) is 0 Å². The van der Waals surface area contributed by atoms with Crippen LogP contribution in [-0.4, -0.2) is 15.6 Å². The quantitative estimate of drug-likeness (QED) is 0.369. The molecule has 1 heterocycles. The fourth-order valence-electron chi connectivity index (χ4n) is 2.54. The molecule has 3 aromatic rings. The predicted octanol–water partition coefficient (Wildman–Crippen LogP) is 4.08. The monoisotopic (exact) mass is 451 g/mol. The number of hydrogen-bond acceptors (Lipinski definition) is 3. The summed E-state index contributed by atoms with van der Waals surface area (Å²) in [7, 11) is 1.75. The highest BCUT2D eigenvalue weighted by atomic mass is 127. The third kappa shape index (κ3) is 3.47. The van der Waals surface area contributed by atoms with E-state index >= 15 is 0 Å². The summed E-state index contributed by atoms with van der Waals surface area (Å²) in [5.74, 6) is -0.116. The van der Waals surface area contributed by atoms with Crippen LogP contribution in [0.4, 0.5) is 5.69 Å². The van der Waals surface area contributed by atoms with Crippen molar-refractivity contribution in [2.75, 3.05) is 5.73 Å². The van der Waals surface area contributed by atoms with Gasteiger partial charge in [-0.3, -0.25) is 9.48 Å². The third-order valence-corrected chi connectivity index (χ3v) is 4.83. The zero-order chi connectivity index (χ0) is 17.3. The molecule has 3 rings (SSSR count). The third-order valence-electron chi connectivity index (χ3n) is 3.79. The molecule has 0 bridgehead atoms. The largest absolute Gasteiger partial charge is 0.398 e. The second kappa shape index (κ2) is 6.94. The summed E-state index contributed by atoms with van der Waals surface area (Å²) >= 11 is 8.03. The smallest absolute Gasteiger partial charge is 0.214 e. The first-order chi connectivity index (χ1) is 11.5. The second-order valence-electron chi connectivity index (χ2n) is 5.52. The Kier molecular flexibility index (Phi) is 4.91. The van der Waals surface area contributed by atoms with E-state index in [1.54, 1.807) is 24.0 Å². The van der Waals surface area contributed by atoms with Gasteiger partial charge >= 0.3 is 0 Å². The van der Waals surface area contributed by atoms with Gasteiger partial charge < -0.3 is 5.73 Å². The molecule has 6 heteroatoms.